The smallest absolute Gasteiger partial charge is 0.244 e. The number of nitrogens with one attached hydrogen (secondary N) is 2. The molecule has 0 radical (unpaired) electrons. The summed E-state index contributed by atoms with van der Waals surface area (Å²) in [4.78, 5) is 4.35. The summed E-state index contributed by atoms with van der Waals surface area (Å²) in [5.74, 6) is 2.78. The molecule has 7 heteroatoms. The zero-order chi connectivity index (χ0) is 14.5. The van der Waals surface area contributed by atoms with Crippen LogP contribution in [0.4, 0.5) is 11.8 Å². The first-order valence-corrected chi connectivity index (χ1v) is 6.91. The average molecular weight is 287 g/mol. The van der Waals surface area contributed by atoms with E-state index in [0.29, 0.717) is 18.3 Å². The van der Waals surface area contributed by atoms with Crippen LogP contribution in [0.5, 0.6) is 11.5 Å². The zero-order valence-electron chi connectivity index (χ0n) is 11.8. The predicted molar refractivity (Wildman–Crippen MR) is 78.5 cm³/mol. The Morgan fingerprint density at radius 1 is 1.19 bits per heavy atom. The first kappa shape index (κ1) is 13.4. The van der Waals surface area contributed by atoms with Gasteiger partial charge in [-0.3, -0.25) is 0 Å². The van der Waals surface area contributed by atoms with Crippen molar-refractivity contribution < 1.29 is 9.47 Å². The van der Waals surface area contributed by atoms with Crippen molar-refractivity contribution in [1.29, 1.82) is 0 Å². The van der Waals surface area contributed by atoms with Gasteiger partial charge in [0.2, 0.25) is 12.7 Å². The molecule has 0 amide bonds. The van der Waals surface area contributed by atoms with E-state index in [1.165, 1.54) is 0 Å². The molecule has 2 heterocycles. The van der Waals surface area contributed by atoms with Gasteiger partial charge in [-0.1, -0.05) is 13.0 Å². The van der Waals surface area contributed by atoms with Gasteiger partial charge in [0.25, 0.3) is 0 Å². The molecule has 0 atom stereocenters. The second kappa shape index (κ2) is 6.25. The number of benzene rings is 1. The Balaban J connectivity index is 1.62. The lowest BCUT2D eigenvalue weighted by atomic mass is 10.2. The molecule has 1 aliphatic rings. The third kappa shape index (κ3) is 3.31. The van der Waals surface area contributed by atoms with E-state index in [1.807, 2.05) is 18.2 Å². The van der Waals surface area contributed by atoms with Crippen LogP contribution in [-0.2, 0) is 6.54 Å². The zero-order valence-corrected chi connectivity index (χ0v) is 11.8. The molecule has 1 aliphatic heterocycles. The molecule has 0 aliphatic carbocycles. The minimum absolute atomic E-state index is 0.286. The maximum atomic E-state index is 5.36. The Labute approximate surface area is 122 Å². The van der Waals surface area contributed by atoms with Gasteiger partial charge in [-0.2, -0.15) is 10.1 Å². The molecule has 0 bridgehead atoms. The molecule has 1 aromatic heterocycles. The molecule has 0 saturated heterocycles. The predicted octanol–water partition coefficient (Wildman–Crippen LogP) is 2.03. The average Bonchev–Trinajstić information content (AvgIpc) is 2.99. The number of ether oxygens (including phenoxy) is 2. The maximum absolute atomic E-state index is 5.36. The molecular formula is C14H17N5O2. The maximum Gasteiger partial charge on any atom is 0.244 e. The van der Waals surface area contributed by atoms with Crippen molar-refractivity contribution in [2.24, 2.45) is 0 Å². The van der Waals surface area contributed by atoms with E-state index in [9.17, 15) is 0 Å². The highest BCUT2D eigenvalue weighted by atomic mass is 16.7. The van der Waals surface area contributed by atoms with Crippen LogP contribution < -0.4 is 20.1 Å². The quantitative estimate of drug-likeness (QED) is 0.841. The third-order valence-corrected chi connectivity index (χ3v) is 3.00. The normalized spacial score (nSPS) is 12.2. The molecule has 2 N–H and O–H groups in total. The lowest BCUT2D eigenvalue weighted by Gasteiger charge is -2.07. The van der Waals surface area contributed by atoms with Crippen molar-refractivity contribution in [3.05, 3.63) is 30.0 Å². The van der Waals surface area contributed by atoms with Crippen LogP contribution in [0.3, 0.4) is 0 Å². The highest BCUT2D eigenvalue weighted by molar-refractivity contribution is 5.46. The minimum atomic E-state index is 0.286. The number of aromatic nitrogens is 3. The molecular weight excluding hydrogens is 270 g/mol. The lowest BCUT2D eigenvalue weighted by molar-refractivity contribution is 0.174. The summed E-state index contributed by atoms with van der Waals surface area (Å²) >= 11 is 0. The molecule has 0 spiro atoms. The van der Waals surface area contributed by atoms with Gasteiger partial charge in [0, 0.05) is 13.1 Å². The molecule has 110 valence electrons. The van der Waals surface area contributed by atoms with Crippen LogP contribution in [0, 0.1) is 0 Å². The van der Waals surface area contributed by atoms with Gasteiger partial charge in [-0.05, 0) is 24.1 Å². The molecule has 0 saturated carbocycles. The first-order chi connectivity index (χ1) is 10.3. The highest BCUT2D eigenvalue weighted by Gasteiger charge is 2.13. The monoisotopic (exact) mass is 287 g/mol. The third-order valence-electron chi connectivity index (χ3n) is 3.00. The number of nitrogens with zero attached hydrogens (tertiary/aromatic N) is 3. The van der Waals surface area contributed by atoms with Crippen LogP contribution in [0.1, 0.15) is 18.9 Å². The van der Waals surface area contributed by atoms with Gasteiger partial charge in [-0.15, -0.1) is 5.10 Å². The Bertz CT molecular complexity index is 620. The molecule has 0 fully saturated rings. The van der Waals surface area contributed by atoms with Crippen LogP contribution in [-0.4, -0.2) is 28.5 Å². The Morgan fingerprint density at radius 2 is 2.10 bits per heavy atom. The van der Waals surface area contributed by atoms with Gasteiger partial charge >= 0.3 is 0 Å². The van der Waals surface area contributed by atoms with Crippen LogP contribution in [0.15, 0.2) is 24.4 Å². The topological polar surface area (TPSA) is 81.2 Å². The summed E-state index contributed by atoms with van der Waals surface area (Å²) in [5.41, 5.74) is 1.08. The minimum Gasteiger partial charge on any atom is -0.454 e. The van der Waals surface area contributed by atoms with E-state index in [1.54, 1.807) is 6.20 Å². The SMILES string of the molecule is CCCNc1nncc(NCc2ccc3c(c2)OCO3)n1. The lowest BCUT2D eigenvalue weighted by Crippen LogP contribution is -2.08. The Morgan fingerprint density at radius 3 is 3.00 bits per heavy atom. The van der Waals surface area contributed by atoms with Crippen molar-refractivity contribution in [3.8, 4) is 11.5 Å². The summed E-state index contributed by atoms with van der Waals surface area (Å²) in [6.07, 6.45) is 2.61. The number of rotatable bonds is 6. The van der Waals surface area contributed by atoms with E-state index < -0.39 is 0 Å². The summed E-state index contributed by atoms with van der Waals surface area (Å²) in [6.45, 7) is 3.83. The molecule has 21 heavy (non-hydrogen) atoms. The van der Waals surface area contributed by atoms with Gasteiger partial charge < -0.3 is 20.1 Å². The molecule has 1 aromatic carbocycles. The summed E-state index contributed by atoms with van der Waals surface area (Å²) in [7, 11) is 0. The molecule has 2 aromatic rings. The van der Waals surface area contributed by atoms with E-state index in [2.05, 4.69) is 32.7 Å². The molecule has 3 rings (SSSR count). The Hall–Kier alpha value is -2.57. The second-order valence-corrected chi connectivity index (χ2v) is 4.63. The summed E-state index contributed by atoms with van der Waals surface area (Å²) in [6, 6.07) is 5.86. The Kier molecular flexibility index (Phi) is 3.99. The van der Waals surface area contributed by atoms with Crippen LogP contribution in [0.25, 0.3) is 0 Å². The van der Waals surface area contributed by atoms with Crippen molar-refractivity contribution in [2.45, 2.75) is 19.9 Å². The van der Waals surface area contributed by atoms with Crippen molar-refractivity contribution in [1.82, 2.24) is 15.2 Å². The standard InChI is InChI=1S/C14H17N5O2/c1-2-5-15-14-18-13(8-17-19-14)16-7-10-3-4-11-12(6-10)21-9-20-11/h3-4,6,8H,2,5,7,9H2,1H3,(H2,15,16,18,19). The second-order valence-electron chi connectivity index (χ2n) is 4.63. The fraction of sp³-hybridized carbons (Fsp3) is 0.357. The largest absolute Gasteiger partial charge is 0.454 e. The van der Waals surface area contributed by atoms with Gasteiger partial charge in [0.05, 0.1) is 6.20 Å². The van der Waals surface area contributed by atoms with Crippen molar-refractivity contribution >= 4 is 11.8 Å². The van der Waals surface area contributed by atoms with E-state index in [-0.39, 0.29) is 6.79 Å². The van der Waals surface area contributed by atoms with E-state index >= 15 is 0 Å². The molecule has 7 nitrogen and oxygen atoms in total. The number of hydrogen-bond donors (Lipinski definition) is 2. The van der Waals surface area contributed by atoms with E-state index in [4.69, 9.17) is 9.47 Å². The van der Waals surface area contributed by atoms with E-state index in [0.717, 1.165) is 30.0 Å². The number of anilines is 2. The number of hydrogen-bond acceptors (Lipinski definition) is 7. The van der Waals surface area contributed by atoms with Crippen LogP contribution >= 0.6 is 0 Å². The van der Waals surface area contributed by atoms with Gasteiger partial charge in [-0.25, -0.2) is 0 Å². The first-order valence-electron chi connectivity index (χ1n) is 6.91. The van der Waals surface area contributed by atoms with Crippen molar-refractivity contribution in [2.75, 3.05) is 24.0 Å². The summed E-state index contributed by atoms with van der Waals surface area (Å²) in [5, 5.41) is 14.2. The van der Waals surface area contributed by atoms with Crippen LogP contribution in [0.2, 0.25) is 0 Å². The van der Waals surface area contributed by atoms with Crippen molar-refractivity contribution in [3.63, 3.8) is 0 Å². The summed E-state index contributed by atoms with van der Waals surface area (Å²) < 4.78 is 10.6. The van der Waals surface area contributed by atoms with Gasteiger partial charge in [0.1, 0.15) is 0 Å². The molecule has 0 unspecified atom stereocenters. The fourth-order valence-corrected chi connectivity index (χ4v) is 1.94. The fourth-order valence-electron chi connectivity index (χ4n) is 1.94. The number of fused-ring (bicyclic) bond motifs is 1. The highest BCUT2D eigenvalue weighted by Crippen LogP contribution is 2.32. The van der Waals surface area contributed by atoms with Gasteiger partial charge in [0.15, 0.2) is 17.3 Å².